The molecule has 0 spiro atoms. The van der Waals surface area contributed by atoms with Gasteiger partial charge in [0.05, 0.1) is 17.3 Å². The van der Waals surface area contributed by atoms with Gasteiger partial charge in [-0.3, -0.25) is 14.2 Å². The smallest absolute Gasteiger partial charge is 0.306 e. The minimum atomic E-state index is -4.74. The number of amides is 1. The van der Waals surface area contributed by atoms with E-state index in [1.165, 1.54) is 24.7 Å². The molecule has 0 radical (unpaired) electrons. The molecule has 0 aliphatic rings. The summed E-state index contributed by atoms with van der Waals surface area (Å²) < 4.78 is 41.4. The van der Waals surface area contributed by atoms with Crippen LogP contribution in [0.2, 0.25) is 20.1 Å². The van der Waals surface area contributed by atoms with E-state index in [0.717, 1.165) is 4.68 Å². The molecule has 0 aliphatic heterocycles. The summed E-state index contributed by atoms with van der Waals surface area (Å²) in [6.07, 6.45) is -3.29. The highest BCUT2D eigenvalue weighted by molar-refractivity contribution is 6.36. The predicted molar refractivity (Wildman–Crippen MR) is 113 cm³/mol. The zero-order valence-electron chi connectivity index (χ0n) is 15.9. The molecule has 0 saturated heterocycles. The molecule has 13 heteroatoms. The second kappa shape index (κ2) is 8.90. The van der Waals surface area contributed by atoms with Crippen molar-refractivity contribution in [3.05, 3.63) is 61.4 Å². The van der Waals surface area contributed by atoms with Crippen LogP contribution >= 0.6 is 46.4 Å². The number of benzene rings is 1. The number of alkyl halides is 3. The first-order valence-corrected chi connectivity index (χ1v) is 10.2. The molecular formula is C18H14Cl4F3N5O. The second-order valence-electron chi connectivity index (χ2n) is 6.58. The van der Waals surface area contributed by atoms with Gasteiger partial charge >= 0.3 is 6.18 Å². The van der Waals surface area contributed by atoms with Gasteiger partial charge in [0.25, 0.3) is 0 Å². The fourth-order valence-electron chi connectivity index (χ4n) is 2.80. The van der Waals surface area contributed by atoms with Crippen LogP contribution in [0.5, 0.6) is 0 Å². The number of rotatable bonds is 5. The molecule has 2 heterocycles. The van der Waals surface area contributed by atoms with Crippen molar-refractivity contribution in [2.24, 2.45) is 0 Å². The Morgan fingerprint density at radius 2 is 1.74 bits per heavy atom. The Labute approximate surface area is 194 Å². The Bertz CT molecular complexity index is 1120. The molecule has 0 fully saturated rings. The van der Waals surface area contributed by atoms with E-state index >= 15 is 0 Å². The van der Waals surface area contributed by atoms with Crippen molar-refractivity contribution in [2.75, 3.05) is 5.32 Å². The van der Waals surface area contributed by atoms with Crippen LogP contribution in [0.4, 0.5) is 19.0 Å². The highest BCUT2D eigenvalue weighted by atomic mass is 35.5. The number of anilines is 1. The third-order valence-electron chi connectivity index (χ3n) is 4.43. The maximum absolute atomic E-state index is 13.0. The van der Waals surface area contributed by atoms with Crippen molar-refractivity contribution in [1.29, 1.82) is 0 Å². The van der Waals surface area contributed by atoms with Gasteiger partial charge in [-0.05, 0) is 26.0 Å². The van der Waals surface area contributed by atoms with E-state index in [9.17, 15) is 18.0 Å². The molecule has 1 aromatic carbocycles. The van der Waals surface area contributed by atoms with Gasteiger partial charge in [0.15, 0.2) is 11.5 Å². The summed E-state index contributed by atoms with van der Waals surface area (Å²) in [7, 11) is 0. The van der Waals surface area contributed by atoms with Gasteiger partial charge in [0.2, 0.25) is 5.91 Å². The highest BCUT2D eigenvalue weighted by Gasteiger charge is 2.39. The van der Waals surface area contributed by atoms with Crippen LogP contribution in [0.15, 0.2) is 24.4 Å². The predicted octanol–water partition coefficient (Wildman–Crippen LogP) is 6.27. The first kappa shape index (κ1) is 23.7. The Balaban J connectivity index is 1.80. The van der Waals surface area contributed by atoms with Crippen molar-refractivity contribution < 1.29 is 18.0 Å². The van der Waals surface area contributed by atoms with Gasteiger partial charge in [0, 0.05) is 21.8 Å². The van der Waals surface area contributed by atoms with Crippen LogP contribution in [0.3, 0.4) is 0 Å². The van der Waals surface area contributed by atoms with Gasteiger partial charge in [-0.15, -0.1) is 0 Å². The summed E-state index contributed by atoms with van der Waals surface area (Å²) in [5.74, 6) is -0.660. The molecule has 0 bridgehead atoms. The number of carbonyl (C=O) groups is 1. The molecule has 166 valence electrons. The van der Waals surface area contributed by atoms with E-state index in [1.807, 2.05) is 0 Å². The molecule has 1 atom stereocenters. The summed E-state index contributed by atoms with van der Waals surface area (Å²) in [6, 6.07) is 3.92. The van der Waals surface area contributed by atoms with Gasteiger partial charge in [-0.2, -0.15) is 23.4 Å². The summed E-state index contributed by atoms with van der Waals surface area (Å²) >= 11 is 24.2. The number of carbonyl (C=O) groups excluding carboxylic acids is 1. The third-order valence-corrected chi connectivity index (χ3v) is 5.87. The minimum Gasteiger partial charge on any atom is -0.306 e. The number of hydrogen-bond donors (Lipinski definition) is 1. The highest BCUT2D eigenvalue weighted by Crippen LogP contribution is 2.36. The third kappa shape index (κ3) is 4.95. The maximum atomic E-state index is 13.0. The van der Waals surface area contributed by atoms with E-state index in [2.05, 4.69) is 15.5 Å². The Kier molecular flexibility index (Phi) is 6.81. The lowest BCUT2D eigenvalue weighted by molar-refractivity contribution is -0.141. The lowest BCUT2D eigenvalue weighted by atomic mass is 10.2. The van der Waals surface area contributed by atoms with Crippen LogP contribution in [0, 0.1) is 6.92 Å². The van der Waals surface area contributed by atoms with Crippen LogP contribution in [-0.2, 0) is 17.5 Å². The summed E-state index contributed by atoms with van der Waals surface area (Å²) in [5.41, 5.74) is -0.649. The van der Waals surface area contributed by atoms with Crippen molar-refractivity contribution in [3.8, 4) is 0 Å². The van der Waals surface area contributed by atoms with E-state index in [1.54, 1.807) is 18.2 Å². The molecule has 3 aromatic rings. The fraction of sp³-hybridized carbons (Fsp3) is 0.278. The first-order valence-electron chi connectivity index (χ1n) is 8.68. The Morgan fingerprint density at radius 3 is 2.29 bits per heavy atom. The lowest BCUT2D eigenvalue weighted by Crippen LogP contribution is -2.26. The van der Waals surface area contributed by atoms with Gasteiger partial charge < -0.3 is 5.32 Å². The topological polar surface area (TPSA) is 64.7 Å². The van der Waals surface area contributed by atoms with Gasteiger partial charge in [-0.25, -0.2) is 0 Å². The molecule has 0 saturated carbocycles. The maximum Gasteiger partial charge on any atom is 0.436 e. The van der Waals surface area contributed by atoms with E-state index in [4.69, 9.17) is 46.4 Å². The molecule has 2 aromatic heterocycles. The molecule has 1 N–H and O–H groups in total. The number of aromatic nitrogens is 4. The molecule has 6 nitrogen and oxygen atoms in total. The standard InChI is InChI=1S/C18H14Cl4F3N5O/c1-8-14(22)15(18(23,24)25)27-30(8)9(2)17(31)26-16-13(21)7-29(28-16)6-10-11(19)4-3-5-12(10)20/h3-5,7,9H,6H2,1-2H3,(H,26,28,31). The molecular weight excluding hydrogens is 501 g/mol. The lowest BCUT2D eigenvalue weighted by Gasteiger charge is -2.13. The molecule has 0 aliphatic carbocycles. The molecule has 1 amide bonds. The monoisotopic (exact) mass is 513 g/mol. The van der Waals surface area contributed by atoms with Crippen LogP contribution in [0.25, 0.3) is 0 Å². The minimum absolute atomic E-state index is 0.00151. The van der Waals surface area contributed by atoms with E-state index in [-0.39, 0.29) is 23.1 Å². The molecule has 3 rings (SSSR count). The molecule has 1 unspecified atom stereocenters. The van der Waals surface area contributed by atoms with Crippen LogP contribution in [-0.4, -0.2) is 25.5 Å². The zero-order valence-corrected chi connectivity index (χ0v) is 19.0. The number of nitrogens with zero attached hydrogens (tertiary/aromatic N) is 4. The fourth-order valence-corrected chi connectivity index (χ4v) is 3.74. The number of nitrogens with one attached hydrogen (secondary N) is 1. The van der Waals surface area contributed by atoms with Crippen LogP contribution < -0.4 is 5.32 Å². The van der Waals surface area contributed by atoms with Crippen molar-refractivity contribution in [2.45, 2.75) is 32.6 Å². The summed E-state index contributed by atoms with van der Waals surface area (Å²) in [6.45, 7) is 2.90. The number of hydrogen-bond acceptors (Lipinski definition) is 3. The summed E-state index contributed by atoms with van der Waals surface area (Å²) in [4.78, 5) is 12.6. The normalized spacial score (nSPS) is 12.8. The average molecular weight is 515 g/mol. The van der Waals surface area contributed by atoms with Crippen molar-refractivity contribution in [3.63, 3.8) is 0 Å². The SMILES string of the molecule is Cc1c(Cl)c(C(F)(F)F)nn1C(C)C(=O)Nc1nn(Cc2c(Cl)cccc2Cl)cc1Cl. The quantitative estimate of drug-likeness (QED) is 0.436. The first-order chi connectivity index (χ1) is 14.4. The molecule has 31 heavy (non-hydrogen) atoms. The second-order valence-corrected chi connectivity index (χ2v) is 8.18. The zero-order chi connectivity index (χ0) is 23.1. The van der Waals surface area contributed by atoms with E-state index < -0.39 is 28.8 Å². The van der Waals surface area contributed by atoms with Crippen molar-refractivity contribution >= 4 is 58.1 Å². The average Bonchev–Trinajstić information content (AvgIpc) is 3.17. The van der Waals surface area contributed by atoms with E-state index in [0.29, 0.717) is 15.6 Å². The van der Waals surface area contributed by atoms with Crippen molar-refractivity contribution in [1.82, 2.24) is 19.6 Å². The van der Waals surface area contributed by atoms with Gasteiger partial charge in [0.1, 0.15) is 11.1 Å². The largest absolute Gasteiger partial charge is 0.436 e. The summed E-state index contributed by atoms with van der Waals surface area (Å²) in [5, 5.41) is 10.6. The Hall–Kier alpha value is -1.94. The Morgan fingerprint density at radius 1 is 1.13 bits per heavy atom. The van der Waals surface area contributed by atoms with Gasteiger partial charge in [-0.1, -0.05) is 52.5 Å². The van der Waals surface area contributed by atoms with Crippen LogP contribution in [0.1, 0.15) is 29.9 Å². The number of halogens is 7.